The fraction of sp³-hybridized carbons (Fsp3) is 0.200. The molecule has 1 aliphatic rings. The fourth-order valence-electron chi connectivity index (χ4n) is 5.27. The molecule has 1 saturated heterocycles. The van der Waals surface area contributed by atoms with E-state index in [9.17, 15) is 4.79 Å². The molecule has 0 spiro atoms. The van der Waals surface area contributed by atoms with Gasteiger partial charge in [-0.3, -0.25) is 9.69 Å². The van der Waals surface area contributed by atoms with Crippen molar-refractivity contribution in [1.82, 2.24) is 15.2 Å². The third kappa shape index (κ3) is 6.38. The van der Waals surface area contributed by atoms with Gasteiger partial charge in [-0.1, -0.05) is 84.9 Å². The van der Waals surface area contributed by atoms with Gasteiger partial charge in [-0.25, -0.2) is 4.98 Å². The van der Waals surface area contributed by atoms with E-state index in [1.54, 1.807) is 6.20 Å². The molecule has 0 radical (unpaired) electrons. The number of hydrogen-bond acceptors (Lipinski definition) is 4. The number of piperidine rings is 1. The second-order valence-corrected chi connectivity index (χ2v) is 10.4. The van der Waals surface area contributed by atoms with Crippen LogP contribution in [-0.4, -0.2) is 35.0 Å². The number of amides is 1. The summed E-state index contributed by atoms with van der Waals surface area (Å²) in [5.74, 6) is 0.537. The van der Waals surface area contributed by atoms with Crippen molar-refractivity contribution in [2.24, 2.45) is 0 Å². The molecule has 40 heavy (non-hydrogen) atoms. The number of hydrogen-bond donors (Lipinski definition) is 1. The Bertz CT molecular complexity index is 1560. The average molecular weight is 528 g/mol. The monoisotopic (exact) mass is 527 g/mol. The summed E-state index contributed by atoms with van der Waals surface area (Å²) in [5.41, 5.74) is 5.15. The van der Waals surface area contributed by atoms with Gasteiger partial charge in [0.05, 0.1) is 0 Å². The molecule has 1 aromatic heterocycles. The Balaban J connectivity index is 0.950. The largest absolute Gasteiger partial charge is 0.474 e. The van der Waals surface area contributed by atoms with Crippen molar-refractivity contribution < 1.29 is 9.53 Å². The molecule has 5 aromatic rings. The SMILES string of the molecule is O=C(NCc1ccc(OC2CCN(Cc3ccc4ccccc4c3)CC2)nc1)c1ccc(-c2ccccc2)cc1. The zero-order valence-electron chi connectivity index (χ0n) is 22.5. The number of nitrogens with zero attached hydrogens (tertiary/aromatic N) is 2. The van der Waals surface area contributed by atoms with Gasteiger partial charge in [-0.2, -0.15) is 0 Å². The lowest BCUT2D eigenvalue weighted by molar-refractivity contribution is 0.0932. The van der Waals surface area contributed by atoms with Gasteiger partial charge in [-0.15, -0.1) is 0 Å². The summed E-state index contributed by atoms with van der Waals surface area (Å²) in [5, 5.41) is 5.57. The number of aromatic nitrogens is 1. The van der Waals surface area contributed by atoms with Crippen LogP contribution in [0.5, 0.6) is 5.88 Å². The Hall–Kier alpha value is -4.48. The Morgan fingerprint density at radius 2 is 1.48 bits per heavy atom. The number of ether oxygens (including phenoxy) is 1. The fourth-order valence-corrected chi connectivity index (χ4v) is 5.27. The molecule has 5 nitrogen and oxygen atoms in total. The summed E-state index contributed by atoms with van der Waals surface area (Å²) in [6.45, 7) is 3.40. The molecule has 5 heteroatoms. The van der Waals surface area contributed by atoms with Crippen molar-refractivity contribution in [2.45, 2.75) is 32.0 Å². The van der Waals surface area contributed by atoms with E-state index in [1.807, 2.05) is 54.6 Å². The van der Waals surface area contributed by atoms with E-state index in [2.05, 4.69) is 69.8 Å². The maximum absolute atomic E-state index is 12.6. The molecule has 0 aliphatic carbocycles. The van der Waals surface area contributed by atoms with Crippen LogP contribution >= 0.6 is 0 Å². The lowest BCUT2D eigenvalue weighted by atomic mass is 10.0. The summed E-state index contributed by atoms with van der Waals surface area (Å²) >= 11 is 0. The number of carbonyl (C=O) groups excluding carboxylic acids is 1. The van der Waals surface area contributed by atoms with Crippen molar-refractivity contribution in [1.29, 1.82) is 0 Å². The van der Waals surface area contributed by atoms with Gasteiger partial charge in [0.15, 0.2) is 0 Å². The van der Waals surface area contributed by atoms with E-state index in [4.69, 9.17) is 4.74 Å². The van der Waals surface area contributed by atoms with Crippen LogP contribution in [0.2, 0.25) is 0 Å². The topological polar surface area (TPSA) is 54.5 Å². The Morgan fingerprint density at radius 3 is 2.23 bits per heavy atom. The van der Waals surface area contributed by atoms with E-state index in [0.29, 0.717) is 18.0 Å². The minimum Gasteiger partial charge on any atom is -0.474 e. The first-order chi connectivity index (χ1) is 19.7. The van der Waals surface area contributed by atoms with Crippen molar-refractivity contribution in [3.8, 4) is 17.0 Å². The van der Waals surface area contributed by atoms with Crippen LogP contribution in [0.15, 0.2) is 115 Å². The highest BCUT2D eigenvalue weighted by Gasteiger charge is 2.21. The summed E-state index contributed by atoms with van der Waals surface area (Å²) in [4.78, 5) is 19.6. The van der Waals surface area contributed by atoms with E-state index < -0.39 is 0 Å². The second kappa shape index (κ2) is 12.1. The molecule has 0 unspecified atom stereocenters. The maximum atomic E-state index is 12.6. The molecule has 200 valence electrons. The molecule has 1 fully saturated rings. The van der Waals surface area contributed by atoms with Gasteiger partial charge in [0, 0.05) is 44.0 Å². The maximum Gasteiger partial charge on any atom is 0.251 e. The molecule has 6 rings (SSSR count). The first kappa shape index (κ1) is 25.8. The van der Waals surface area contributed by atoms with Gasteiger partial charge < -0.3 is 10.1 Å². The third-order valence-corrected chi connectivity index (χ3v) is 7.55. The molecule has 1 N–H and O–H groups in total. The Kier molecular flexibility index (Phi) is 7.83. The quantitative estimate of drug-likeness (QED) is 0.239. The van der Waals surface area contributed by atoms with Crippen LogP contribution in [0.4, 0.5) is 0 Å². The van der Waals surface area contributed by atoms with Crippen molar-refractivity contribution in [3.05, 3.63) is 132 Å². The normalized spacial score (nSPS) is 14.2. The third-order valence-electron chi connectivity index (χ3n) is 7.55. The first-order valence-corrected chi connectivity index (χ1v) is 13.9. The number of fused-ring (bicyclic) bond motifs is 1. The van der Waals surface area contributed by atoms with E-state index >= 15 is 0 Å². The van der Waals surface area contributed by atoms with E-state index in [1.165, 1.54) is 16.3 Å². The zero-order valence-corrected chi connectivity index (χ0v) is 22.5. The van der Waals surface area contributed by atoms with E-state index in [-0.39, 0.29) is 12.0 Å². The highest BCUT2D eigenvalue weighted by Crippen LogP contribution is 2.22. The lowest BCUT2D eigenvalue weighted by Crippen LogP contribution is -2.37. The summed E-state index contributed by atoms with van der Waals surface area (Å²) in [6.07, 6.45) is 3.92. The molecule has 0 atom stereocenters. The molecule has 4 aromatic carbocycles. The van der Waals surface area contributed by atoms with Crippen LogP contribution in [0.25, 0.3) is 21.9 Å². The van der Waals surface area contributed by atoms with Crippen molar-refractivity contribution in [2.75, 3.05) is 13.1 Å². The van der Waals surface area contributed by atoms with Gasteiger partial charge in [-0.05, 0) is 64.1 Å². The summed E-state index contributed by atoms with van der Waals surface area (Å²) in [6, 6.07) is 36.9. The number of pyridine rings is 1. The predicted octanol–water partition coefficient (Wildman–Crippen LogP) is 6.88. The molecular weight excluding hydrogens is 494 g/mol. The average Bonchev–Trinajstić information content (AvgIpc) is 3.02. The molecular formula is C35H33N3O2. The molecule has 0 bridgehead atoms. The van der Waals surface area contributed by atoms with Gasteiger partial charge in [0.1, 0.15) is 6.10 Å². The lowest BCUT2D eigenvalue weighted by Gasteiger charge is -2.32. The number of carbonyl (C=O) groups is 1. The number of rotatable bonds is 8. The van der Waals surface area contributed by atoms with Crippen molar-refractivity contribution >= 4 is 16.7 Å². The first-order valence-electron chi connectivity index (χ1n) is 13.9. The number of likely N-dealkylation sites (tertiary alicyclic amines) is 1. The van der Waals surface area contributed by atoms with Crippen LogP contribution in [-0.2, 0) is 13.1 Å². The smallest absolute Gasteiger partial charge is 0.251 e. The number of benzene rings is 4. The Morgan fingerprint density at radius 1 is 0.775 bits per heavy atom. The van der Waals surface area contributed by atoms with Gasteiger partial charge in [0.25, 0.3) is 5.91 Å². The second-order valence-electron chi connectivity index (χ2n) is 10.4. The van der Waals surface area contributed by atoms with E-state index in [0.717, 1.165) is 49.2 Å². The summed E-state index contributed by atoms with van der Waals surface area (Å²) < 4.78 is 6.18. The zero-order chi connectivity index (χ0) is 27.1. The van der Waals surface area contributed by atoms with Crippen molar-refractivity contribution in [3.63, 3.8) is 0 Å². The van der Waals surface area contributed by atoms with Crippen LogP contribution < -0.4 is 10.1 Å². The highest BCUT2D eigenvalue weighted by atomic mass is 16.5. The molecule has 2 heterocycles. The molecule has 1 aliphatic heterocycles. The molecule has 0 saturated carbocycles. The highest BCUT2D eigenvalue weighted by molar-refractivity contribution is 5.94. The van der Waals surface area contributed by atoms with Crippen LogP contribution in [0.1, 0.15) is 34.3 Å². The molecule has 1 amide bonds. The Labute approximate surface area is 235 Å². The van der Waals surface area contributed by atoms with Gasteiger partial charge >= 0.3 is 0 Å². The van der Waals surface area contributed by atoms with Crippen LogP contribution in [0, 0.1) is 0 Å². The van der Waals surface area contributed by atoms with Gasteiger partial charge in [0.2, 0.25) is 5.88 Å². The predicted molar refractivity (Wildman–Crippen MR) is 160 cm³/mol. The minimum absolute atomic E-state index is 0.101. The standard InChI is InChI=1S/C35H33N3O2/c39-35(31-15-13-30(14-16-31)28-6-2-1-3-7-28)37-24-27-11-17-34(36-23-27)40-33-18-20-38(21-19-33)25-26-10-12-29-8-4-5-9-32(29)22-26/h1-17,22-23,33H,18-21,24-25H2,(H,37,39). The van der Waals surface area contributed by atoms with Crippen LogP contribution in [0.3, 0.4) is 0 Å². The summed E-state index contributed by atoms with van der Waals surface area (Å²) in [7, 11) is 0. The number of nitrogens with one attached hydrogen (secondary N) is 1. The minimum atomic E-state index is -0.101.